The standard InChI is InChI=1S/C24H18P.Li/c1-3-11-19(12-4-1)21-15-7-9-17-23(21)25-24-18-10-8-16-22(24)20-13-5-2-6-14-20;/h1-18H;/q-1;+1. The molecule has 0 spiro atoms. The van der Waals surface area contributed by atoms with Crippen LogP contribution in [0.25, 0.3) is 22.3 Å². The van der Waals surface area contributed by atoms with Crippen molar-refractivity contribution < 1.29 is 18.9 Å². The average Bonchev–Trinajstić information content (AvgIpc) is 2.70. The largest absolute Gasteiger partial charge is 1.00 e. The van der Waals surface area contributed by atoms with Crippen molar-refractivity contribution >= 4 is 19.2 Å². The van der Waals surface area contributed by atoms with Gasteiger partial charge in [-0.2, -0.15) is 10.6 Å². The second-order valence-electron chi connectivity index (χ2n) is 5.88. The van der Waals surface area contributed by atoms with Crippen molar-refractivity contribution in [1.82, 2.24) is 0 Å². The van der Waals surface area contributed by atoms with E-state index in [-0.39, 0.29) is 18.9 Å². The summed E-state index contributed by atoms with van der Waals surface area (Å²) in [5, 5.41) is 2.66. The van der Waals surface area contributed by atoms with Crippen LogP contribution in [0.5, 0.6) is 0 Å². The third kappa shape index (κ3) is 4.17. The first-order chi connectivity index (χ1) is 12.4. The molecule has 0 radical (unpaired) electrons. The van der Waals surface area contributed by atoms with E-state index in [9.17, 15) is 0 Å². The summed E-state index contributed by atoms with van der Waals surface area (Å²) in [6.07, 6.45) is 0. The molecule has 4 rings (SSSR count). The van der Waals surface area contributed by atoms with E-state index in [1.165, 1.54) is 41.4 Å². The van der Waals surface area contributed by atoms with Crippen molar-refractivity contribution in [2.75, 3.05) is 0 Å². The Labute approximate surface area is 169 Å². The third-order valence-corrected chi connectivity index (χ3v) is 5.48. The second-order valence-corrected chi connectivity index (χ2v) is 7.07. The van der Waals surface area contributed by atoms with Crippen LogP contribution in [0.4, 0.5) is 0 Å². The Morgan fingerprint density at radius 3 is 1.15 bits per heavy atom. The Morgan fingerprint density at radius 1 is 0.385 bits per heavy atom. The molecule has 2 heteroatoms. The van der Waals surface area contributed by atoms with Crippen molar-refractivity contribution in [3.05, 3.63) is 109 Å². The van der Waals surface area contributed by atoms with E-state index in [0.29, 0.717) is 0 Å². The number of benzene rings is 4. The SMILES string of the molecule is [Li+].c1ccc(-c2ccccc2[P-]c2ccccc2-c2ccccc2)cc1. The van der Waals surface area contributed by atoms with Crippen molar-refractivity contribution in [2.45, 2.75) is 0 Å². The molecule has 120 valence electrons. The molecule has 0 nitrogen and oxygen atoms in total. The summed E-state index contributed by atoms with van der Waals surface area (Å²) < 4.78 is 0. The van der Waals surface area contributed by atoms with Gasteiger partial charge in [0.1, 0.15) is 0 Å². The van der Waals surface area contributed by atoms with Gasteiger partial charge in [0.05, 0.1) is 0 Å². The van der Waals surface area contributed by atoms with Gasteiger partial charge in [-0.1, -0.05) is 109 Å². The molecule has 0 aromatic heterocycles. The van der Waals surface area contributed by atoms with Gasteiger partial charge in [0.2, 0.25) is 0 Å². The van der Waals surface area contributed by atoms with E-state index in [1.54, 1.807) is 0 Å². The molecule has 4 aromatic carbocycles. The summed E-state index contributed by atoms with van der Waals surface area (Å²) in [5.74, 6) is 0. The zero-order valence-corrected chi connectivity index (χ0v) is 15.7. The maximum Gasteiger partial charge on any atom is 1.00 e. The third-order valence-electron chi connectivity index (χ3n) is 4.22. The second kappa shape index (κ2) is 9.02. The monoisotopic (exact) mass is 344 g/mol. The first kappa shape index (κ1) is 18.7. The van der Waals surface area contributed by atoms with E-state index in [4.69, 9.17) is 0 Å². The molecule has 0 N–H and O–H groups in total. The molecule has 0 atom stereocenters. The molecule has 0 unspecified atom stereocenters. The molecular formula is C24H18LiP. The minimum absolute atomic E-state index is 0. The Bertz CT molecular complexity index is 884. The van der Waals surface area contributed by atoms with Crippen LogP contribution < -0.4 is 29.5 Å². The summed E-state index contributed by atoms with van der Waals surface area (Å²) in [6, 6.07) is 38.6. The van der Waals surface area contributed by atoms with E-state index in [0.717, 1.165) is 0 Å². The van der Waals surface area contributed by atoms with Crippen LogP contribution in [0, 0.1) is 0 Å². The van der Waals surface area contributed by atoms with Gasteiger partial charge in [0, 0.05) is 0 Å². The fraction of sp³-hybridized carbons (Fsp3) is 0. The van der Waals surface area contributed by atoms with Crippen LogP contribution in [0.1, 0.15) is 0 Å². The van der Waals surface area contributed by atoms with E-state index < -0.39 is 0 Å². The minimum atomic E-state index is 0. The quantitative estimate of drug-likeness (QED) is 0.394. The fourth-order valence-corrected chi connectivity index (χ4v) is 4.22. The van der Waals surface area contributed by atoms with Crippen molar-refractivity contribution in [1.29, 1.82) is 0 Å². The van der Waals surface area contributed by atoms with Gasteiger partial charge >= 0.3 is 18.9 Å². The predicted octanol–water partition coefficient (Wildman–Crippen LogP) is 2.92. The molecule has 0 fully saturated rings. The molecule has 0 saturated heterocycles. The molecule has 4 aromatic rings. The molecule has 0 heterocycles. The Morgan fingerprint density at radius 2 is 0.731 bits per heavy atom. The Hall–Kier alpha value is -2.09. The van der Waals surface area contributed by atoms with Crippen LogP contribution in [-0.2, 0) is 0 Å². The fourth-order valence-electron chi connectivity index (χ4n) is 3.00. The first-order valence-electron chi connectivity index (χ1n) is 8.42. The summed E-state index contributed by atoms with van der Waals surface area (Å²) >= 11 is 0. The summed E-state index contributed by atoms with van der Waals surface area (Å²) in [4.78, 5) is 0. The first-order valence-corrected chi connectivity index (χ1v) is 9.32. The van der Waals surface area contributed by atoms with Crippen LogP contribution in [0.2, 0.25) is 0 Å². The van der Waals surface area contributed by atoms with Crippen LogP contribution in [-0.4, -0.2) is 0 Å². The van der Waals surface area contributed by atoms with Crippen LogP contribution >= 0.6 is 8.58 Å². The van der Waals surface area contributed by atoms with E-state index >= 15 is 0 Å². The molecule has 0 aliphatic rings. The Balaban J connectivity index is 0.00000196. The summed E-state index contributed by atoms with van der Waals surface area (Å²) in [6.45, 7) is 0. The van der Waals surface area contributed by atoms with Crippen molar-refractivity contribution in [3.63, 3.8) is 0 Å². The van der Waals surface area contributed by atoms with E-state index in [1.807, 2.05) is 0 Å². The molecule has 0 amide bonds. The normalized spacial score (nSPS) is 10.2. The van der Waals surface area contributed by atoms with Gasteiger partial charge in [0.15, 0.2) is 0 Å². The van der Waals surface area contributed by atoms with Gasteiger partial charge in [-0.15, -0.1) is 0 Å². The molecule has 0 saturated carbocycles. The van der Waals surface area contributed by atoms with Gasteiger partial charge in [0.25, 0.3) is 0 Å². The summed E-state index contributed by atoms with van der Waals surface area (Å²) in [7, 11) is 1.23. The minimum Gasteiger partial charge on any atom is -0.471 e. The smallest absolute Gasteiger partial charge is 0.471 e. The zero-order valence-electron chi connectivity index (χ0n) is 14.8. The maximum absolute atomic E-state index is 2.23. The summed E-state index contributed by atoms with van der Waals surface area (Å²) in [5.41, 5.74) is 5.13. The van der Waals surface area contributed by atoms with Gasteiger partial charge in [-0.05, 0) is 22.3 Å². The molecule has 0 aliphatic heterocycles. The van der Waals surface area contributed by atoms with Gasteiger partial charge in [-0.3, -0.25) is 0 Å². The van der Waals surface area contributed by atoms with Crippen molar-refractivity contribution in [3.8, 4) is 22.3 Å². The molecule has 0 aliphatic carbocycles. The van der Waals surface area contributed by atoms with Gasteiger partial charge < -0.3 is 8.58 Å². The van der Waals surface area contributed by atoms with Crippen LogP contribution in [0.3, 0.4) is 0 Å². The number of hydrogen-bond donors (Lipinski definition) is 0. The average molecular weight is 344 g/mol. The van der Waals surface area contributed by atoms with Crippen LogP contribution in [0.15, 0.2) is 109 Å². The zero-order chi connectivity index (χ0) is 16.9. The number of rotatable bonds is 4. The molecule has 0 bridgehead atoms. The topological polar surface area (TPSA) is 0 Å². The van der Waals surface area contributed by atoms with Crippen molar-refractivity contribution in [2.24, 2.45) is 0 Å². The Kier molecular flexibility index (Phi) is 6.49. The molecular weight excluding hydrogens is 326 g/mol. The van der Waals surface area contributed by atoms with E-state index in [2.05, 4.69) is 109 Å². The molecule has 26 heavy (non-hydrogen) atoms. The predicted molar refractivity (Wildman–Crippen MR) is 110 cm³/mol. The van der Waals surface area contributed by atoms with Gasteiger partial charge in [-0.25, -0.2) is 0 Å². The number of hydrogen-bond acceptors (Lipinski definition) is 0. The maximum atomic E-state index is 2.23.